The summed E-state index contributed by atoms with van der Waals surface area (Å²) in [7, 11) is 0. The predicted octanol–water partition coefficient (Wildman–Crippen LogP) is 4.93. The van der Waals surface area contributed by atoms with Crippen molar-refractivity contribution >= 4 is 23.4 Å². The first-order chi connectivity index (χ1) is 19.6. The number of pyridine rings is 1. The fourth-order valence-corrected chi connectivity index (χ4v) is 4.94. The second kappa shape index (κ2) is 11.2. The summed E-state index contributed by atoms with van der Waals surface area (Å²) in [5.74, 6) is -6.07. The van der Waals surface area contributed by atoms with Crippen molar-refractivity contribution in [2.45, 2.75) is 24.8 Å². The molecule has 4 N–H and O–H groups in total. The largest absolute Gasteiger partial charge is 0.366 e. The number of fused-ring (bicyclic) bond motifs is 1. The highest BCUT2D eigenvalue weighted by molar-refractivity contribution is 6.05. The number of nitrogens with zero attached hydrogens (tertiary/aromatic N) is 1. The summed E-state index contributed by atoms with van der Waals surface area (Å²) in [6.07, 6.45) is 0.976. The van der Waals surface area contributed by atoms with Crippen LogP contribution in [0.5, 0.6) is 0 Å². The van der Waals surface area contributed by atoms with Crippen LogP contribution in [-0.4, -0.2) is 22.7 Å². The lowest BCUT2D eigenvalue weighted by atomic mass is 9.93. The second-order valence-corrected chi connectivity index (χ2v) is 9.57. The molecule has 2 atom stereocenters. The summed E-state index contributed by atoms with van der Waals surface area (Å²) in [5.41, 5.74) is 6.87. The van der Waals surface area contributed by atoms with Crippen molar-refractivity contribution in [2.75, 3.05) is 5.32 Å². The Labute approximate surface area is 231 Å². The number of benzene rings is 3. The normalized spacial score (nSPS) is 14.7. The molecule has 2 heterocycles. The number of anilines is 1. The smallest absolute Gasteiger partial charge is 0.251 e. The topological polar surface area (TPSA) is 114 Å². The minimum Gasteiger partial charge on any atom is -0.366 e. The van der Waals surface area contributed by atoms with Crippen LogP contribution in [0, 0.1) is 23.3 Å². The monoisotopic (exact) mass is 562 g/mol. The molecule has 0 spiro atoms. The average Bonchev–Trinajstić information content (AvgIpc) is 3.21. The molecule has 208 valence electrons. The number of carbonyl (C=O) groups excluding carboxylic acids is 3. The van der Waals surface area contributed by atoms with E-state index in [0.717, 1.165) is 18.2 Å². The third kappa shape index (κ3) is 5.93. The number of hydrogen-bond donors (Lipinski definition) is 3. The van der Waals surface area contributed by atoms with E-state index < -0.39 is 53.0 Å². The predicted molar refractivity (Wildman–Crippen MR) is 141 cm³/mol. The number of amides is 3. The molecule has 4 aromatic rings. The van der Waals surface area contributed by atoms with Crippen molar-refractivity contribution in [3.63, 3.8) is 0 Å². The number of nitrogens with two attached hydrogens (primary N) is 1. The van der Waals surface area contributed by atoms with E-state index in [2.05, 4.69) is 15.6 Å². The molecule has 0 fully saturated rings. The Morgan fingerprint density at radius 2 is 1.71 bits per heavy atom. The van der Waals surface area contributed by atoms with Crippen LogP contribution < -0.4 is 16.4 Å². The number of primary amides is 1. The Hall–Kier alpha value is -5.06. The molecule has 0 saturated heterocycles. The highest BCUT2D eigenvalue weighted by Crippen LogP contribution is 2.36. The number of carbonyl (C=O) groups is 3. The number of aromatic nitrogens is 1. The molecule has 41 heavy (non-hydrogen) atoms. The lowest BCUT2D eigenvalue weighted by Crippen LogP contribution is -2.33. The summed E-state index contributed by atoms with van der Waals surface area (Å²) in [4.78, 5) is 42.0. The zero-order valence-corrected chi connectivity index (χ0v) is 21.3. The summed E-state index contributed by atoms with van der Waals surface area (Å²) in [6.45, 7) is 0. The Kier molecular flexibility index (Phi) is 7.52. The quantitative estimate of drug-likeness (QED) is 0.264. The van der Waals surface area contributed by atoms with E-state index in [1.807, 2.05) is 0 Å². The lowest BCUT2D eigenvalue weighted by Gasteiger charge is -2.22. The highest BCUT2D eigenvalue weighted by Gasteiger charge is 2.33. The minimum atomic E-state index is -0.988. The first-order valence-electron chi connectivity index (χ1n) is 12.5. The van der Waals surface area contributed by atoms with Crippen LogP contribution in [-0.2, 0) is 16.0 Å². The molecule has 5 rings (SSSR count). The maximum Gasteiger partial charge on any atom is 0.251 e. The molecule has 0 aliphatic carbocycles. The highest BCUT2D eigenvalue weighted by atomic mass is 19.1. The van der Waals surface area contributed by atoms with Gasteiger partial charge in [-0.15, -0.1) is 0 Å². The number of nitrogens with one attached hydrogen (secondary N) is 2. The van der Waals surface area contributed by atoms with E-state index in [0.29, 0.717) is 28.4 Å². The van der Waals surface area contributed by atoms with Crippen molar-refractivity contribution < 1.29 is 31.9 Å². The van der Waals surface area contributed by atoms with Gasteiger partial charge in [0.2, 0.25) is 11.8 Å². The summed E-state index contributed by atoms with van der Waals surface area (Å²) in [5, 5.41) is 5.40. The Morgan fingerprint density at radius 1 is 0.951 bits per heavy atom. The van der Waals surface area contributed by atoms with Gasteiger partial charge in [0.1, 0.15) is 23.3 Å². The summed E-state index contributed by atoms with van der Waals surface area (Å²) < 4.78 is 56.1. The van der Waals surface area contributed by atoms with Gasteiger partial charge in [0.05, 0.1) is 23.2 Å². The first-order valence-corrected chi connectivity index (χ1v) is 12.5. The van der Waals surface area contributed by atoms with Gasteiger partial charge in [0.15, 0.2) is 0 Å². The zero-order chi connectivity index (χ0) is 29.3. The molecular formula is C30H22F4N4O3. The van der Waals surface area contributed by atoms with Crippen LogP contribution in [0.25, 0.3) is 11.1 Å². The Balaban J connectivity index is 1.51. The average molecular weight is 563 g/mol. The van der Waals surface area contributed by atoms with Crippen LogP contribution in [0.3, 0.4) is 0 Å². The number of hydrogen-bond acceptors (Lipinski definition) is 4. The molecular weight excluding hydrogens is 540 g/mol. The molecule has 0 saturated carbocycles. The van der Waals surface area contributed by atoms with Crippen molar-refractivity contribution in [2.24, 2.45) is 5.73 Å². The van der Waals surface area contributed by atoms with Crippen LogP contribution in [0.1, 0.15) is 45.6 Å². The number of rotatable bonds is 8. The molecule has 3 aromatic carbocycles. The lowest BCUT2D eigenvalue weighted by molar-refractivity contribution is -0.125. The van der Waals surface area contributed by atoms with Crippen LogP contribution in [0.15, 0.2) is 72.9 Å². The van der Waals surface area contributed by atoms with E-state index in [4.69, 9.17) is 5.73 Å². The van der Waals surface area contributed by atoms with E-state index >= 15 is 0 Å². The molecule has 3 amide bonds. The Bertz CT molecular complexity index is 1670. The fourth-order valence-electron chi connectivity index (χ4n) is 4.94. The van der Waals surface area contributed by atoms with Gasteiger partial charge < -0.3 is 16.4 Å². The molecule has 0 radical (unpaired) electrons. The van der Waals surface area contributed by atoms with Crippen molar-refractivity contribution in [1.82, 2.24) is 10.3 Å². The van der Waals surface area contributed by atoms with Gasteiger partial charge in [-0.1, -0.05) is 12.1 Å². The second-order valence-electron chi connectivity index (χ2n) is 9.57. The van der Waals surface area contributed by atoms with Crippen molar-refractivity contribution in [3.8, 4) is 11.1 Å². The van der Waals surface area contributed by atoms with E-state index in [9.17, 15) is 31.9 Å². The molecule has 7 nitrogen and oxygen atoms in total. The summed E-state index contributed by atoms with van der Waals surface area (Å²) in [6, 6.07) is 12.6. The van der Waals surface area contributed by atoms with Crippen molar-refractivity contribution in [3.05, 3.63) is 119 Å². The molecule has 0 bridgehead atoms. The molecule has 2 unspecified atom stereocenters. The zero-order valence-electron chi connectivity index (χ0n) is 21.3. The van der Waals surface area contributed by atoms with Gasteiger partial charge in [-0.2, -0.15) is 0 Å². The standard InChI is InChI=1S/C30H22F4N4O3/c31-17-4-6-25-21(13-17)22(30(41)38-25)14-27(39)37-26(10-15-8-18(32)12-19(33)9-15)28-20(2-1-7-36-28)16-3-5-24(34)23(11-16)29(35)40/h1-9,11-13,22,26H,10,14H2,(H2,35,40)(H,37,39)(H,38,41). The van der Waals surface area contributed by atoms with Crippen LogP contribution >= 0.6 is 0 Å². The van der Waals surface area contributed by atoms with Gasteiger partial charge in [0.25, 0.3) is 5.91 Å². The van der Waals surface area contributed by atoms with Gasteiger partial charge in [-0.25, -0.2) is 17.6 Å². The van der Waals surface area contributed by atoms with E-state index in [-0.39, 0.29) is 29.7 Å². The molecule has 1 aliphatic rings. The van der Waals surface area contributed by atoms with Gasteiger partial charge in [-0.05, 0) is 71.6 Å². The van der Waals surface area contributed by atoms with Gasteiger partial charge >= 0.3 is 0 Å². The fraction of sp³-hybridized carbons (Fsp3) is 0.133. The van der Waals surface area contributed by atoms with E-state index in [1.54, 1.807) is 12.1 Å². The third-order valence-electron chi connectivity index (χ3n) is 6.76. The maximum atomic E-state index is 14.2. The van der Waals surface area contributed by atoms with Gasteiger partial charge in [-0.3, -0.25) is 19.4 Å². The maximum absolute atomic E-state index is 14.2. The van der Waals surface area contributed by atoms with Crippen LogP contribution in [0.4, 0.5) is 23.2 Å². The Morgan fingerprint density at radius 3 is 2.44 bits per heavy atom. The first kappa shape index (κ1) is 27.5. The third-order valence-corrected chi connectivity index (χ3v) is 6.76. The number of halogens is 4. The minimum absolute atomic E-state index is 0.115. The molecule has 1 aromatic heterocycles. The SMILES string of the molecule is NC(=O)c1cc(-c2cccnc2C(Cc2cc(F)cc(F)c2)NC(=O)CC2C(=O)Nc3ccc(F)cc32)ccc1F. The van der Waals surface area contributed by atoms with E-state index in [1.165, 1.54) is 36.5 Å². The molecule has 11 heteroatoms. The molecule has 1 aliphatic heterocycles. The summed E-state index contributed by atoms with van der Waals surface area (Å²) >= 11 is 0. The van der Waals surface area contributed by atoms with Crippen LogP contribution in [0.2, 0.25) is 0 Å². The van der Waals surface area contributed by atoms with Gasteiger partial charge in [0, 0.05) is 29.9 Å². The van der Waals surface area contributed by atoms with Crippen molar-refractivity contribution in [1.29, 1.82) is 0 Å².